The highest BCUT2D eigenvalue weighted by Gasteiger charge is 2.23. The van der Waals surface area contributed by atoms with Gasteiger partial charge in [0.25, 0.3) is 0 Å². The van der Waals surface area contributed by atoms with Gasteiger partial charge in [0.1, 0.15) is 11.9 Å². The van der Waals surface area contributed by atoms with E-state index in [1.54, 1.807) is 24.3 Å². The van der Waals surface area contributed by atoms with Crippen molar-refractivity contribution in [1.29, 1.82) is 0 Å². The topological polar surface area (TPSA) is 55.8 Å². The highest BCUT2D eigenvalue weighted by atomic mass is 16.5. The summed E-state index contributed by atoms with van der Waals surface area (Å²) < 4.78 is 10.5. The molecule has 0 radical (unpaired) electrons. The van der Waals surface area contributed by atoms with E-state index in [1.165, 1.54) is 7.11 Å². The second-order valence-electron chi connectivity index (χ2n) is 4.88. The molecule has 0 aromatic heterocycles. The minimum atomic E-state index is -0.400. The average molecular weight is 264 g/mol. The lowest BCUT2D eigenvalue weighted by molar-refractivity contribution is 0.0319. The van der Waals surface area contributed by atoms with Gasteiger partial charge in [-0.3, -0.25) is 0 Å². The van der Waals surface area contributed by atoms with E-state index in [0.29, 0.717) is 11.3 Å². The van der Waals surface area contributed by atoms with Crippen molar-refractivity contribution in [1.82, 2.24) is 0 Å². The van der Waals surface area contributed by atoms with Crippen LogP contribution in [0.25, 0.3) is 0 Å². The monoisotopic (exact) mass is 264 g/mol. The van der Waals surface area contributed by atoms with Crippen molar-refractivity contribution in [3.05, 3.63) is 29.8 Å². The van der Waals surface area contributed by atoms with Gasteiger partial charge in [-0.1, -0.05) is 12.8 Å². The number of aliphatic hydroxyl groups is 1. The molecule has 2 unspecified atom stereocenters. The number of rotatable bonds is 3. The first-order chi connectivity index (χ1) is 9.20. The molecule has 19 heavy (non-hydrogen) atoms. The molecule has 1 saturated carbocycles. The van der Waals surface area contributed by atoms with Crippen LogP contribution in [-0.2, 0) is 4.74 Å². The number of esters is 1. The van der Waals surface area contributed by atoms with Crippen LogP contribution in [0.2, 0.25) is 0 Å². The van der Waals surface area contributed by atoms with Crippen LogP contribution in [0.1, 0.15) is 42.5 Å². The van der Waals surface area contributed by atoms with Crippen LogP contribution in [0, 0.1) is 0 Å². The number of carbonyl (C=O) groups is 1. The number of hydrogen-bond acceptors (Lipinski definition) is 4. The van der Waals surface area contributed by atoms with E-state index in [9.17, 15) is 9.90 Å². The quantitative estimate of drug-likeness (QED) is 0.673. The summed E-state index contributed by atoms with van der Waals surface area (Å²) in [7, 11) is 1.36. The van der Waals surface area contributed by atoms with Gasteiger partial charge < -0.3 is 14.6 Å². The zero-order valence-electron chi connectivity index (χ0n) is 11.2. The van der Waals surface area contributed by atoms with Crippen molar-refractivity contribution in [3.8, 4) is 5.75 Å². The highest BCUT2D eigenvalue weighted by Crippen LogP contribution is 2.23. The lowest BCUT2D eigenvalue weighted by Crippen LogP contribution is -2.30. The molecule has 0 spiro atoms. The van der Waals surface area contributed by atoms with Crippen molar-refractivity contribution in [2.45, 2.75) is 44.3 Å². The molecule has 2 atom stereocenters. The molecular weight excluding hydrogens is 244 g/mol. The fourth-order valence-electron chi connectivity index (χ4n) is 2.35. The third-order valence-electron chi connectivity index (χ3n) is 3.48. The summed E-state index contributed by atoms with van der Waals surface area (Å²) in [6.07, 6.45) is 4.42. The van der Waals surface area contributed by atoms with E-state index in [2.05, 4.69) is 4.74 Å². The third-order valence-corrected chi connectivity index (χ3v) is 3.48. The first-order valence-corrected chi connectivity index (χ1v) is 6.74. The van der Waals surface area contributed by atoms with E-state index in [4.69, 9.17) is 4.74 Å². The van der Waals surface area contributed by atoms with Gasteiger partial charge in [-0.2, -0.15) is 0 Å². The van der Waals surface area contributed by atoms with Gasteiger partial charge in [-0.15, -0.1) is 0 Å². The number of hydrogen-bond donors (Lipinski definition) is 1. The minimum absolute atomic E-state index is 0.147. The Kier molecular flexibility index (Phi) is 4.80. The molecule has 4 heteroatoms. The zero-order chi connectivity index (χ0) is 13.7. The summed E-state index contributed by atoms with van der Waals surface area (Å²) in [6.45, 7) is 0. The van der Waals surface area contributed by atoms with Gasteiger partial charge in [0.05, 0.1) is 18.8 Å². The third kappa shape index (κ3) is 3.70. The van der Waals surface area contributed by atoms with Gasteiger partial charge in [0, 0.05) is 0 Å². The molecule has 4 nitrogen and oxygen atoms in total. The second kappa shape index (κ2) is 6.57. The van der Waals surface area contributed by atoms with Crippen molar-refractivity contribution in [3.63, 3.8) is 0 Å². The first-order valence-electron chi connectivity index (χ1n) is 6.74. The Morgan fingerprint density at radius 1 is 1.16 bits per heavy atom. The van der Waals surface area contributed by atoms with Crippen molar-refractivity contribution < 1.29 is 19.4 Å². The number of carbonyl (C=O) groups excluding carboxylic acids is 1. The Morgan fingerprint density at radius 2 is 1.84 bits per heavy atom. The first kappa shape index (κ1) is 13.9. The van der Waals surface area contributed by atoms with Crippen LogP contribution < -0.4 is 4.74 Å². The predicted octanol–water partition coefficient (Wildman–Crippen LogP) is 2.55. The molecule has 0 aliphatic heterocycles. The van der Waals surface area contributed by atoms with E-state index in [-0.39, 0.29) is 12.1 Å². The lowest BCUT2D eigenvalue weighted by atomic mass is 10.1. The largest absolute Gasteiger partial charge is 0.488 e. The summed E-state index contributed by atoms with van der Waals surface area (Å²) in [5, 5.41) is 9.99. The summed E-state index contributed by atoms with van der Waals surface area (Å²) >= 11 is 0. The fourth-order valence-corrected chi connectivity index (χ4v) is 2.35. The molecule has 0 heterocycles. The highest BCUT2D eigenvalue weighted by molar-refractivity contribution is 5.89. The molecule has 0 amide bonds. The maximum absolute atomic E-state index is 11.3. The van der Waals surface area contributed by atoms with Crippen LogP contribution in [-0.4, -0.2) is 30.4 Å². The normalized spacial score (nSPS) is 23.5. The van der Waals surface area contributed by atoms with Gasteiger partial charge in [-0.25, -0.2) is 4.79 Å². The molecule has 1 aromatic rings. The molecule has 1 fully saturated rings. The average Bonchev–Trinajstić information content (AvgIpc) is 2.64. The van der Waals surface area contributed by atoms with Crippen LogP contribution in [0.4, 0.5) is 0 Å². The van der Waals surface area contributed by atoms with E-state index in [0.717, 1.165) is 32.1 Å². The lowest BCUT2D eigenvalue weighted by Gasteiger charge is -2.22. The predicted molar refractivity (Wildman–Crippen MR) is 71.3 cm³/mol. The SMILES string of the molecule is COC(=O)c1ccc(OC2CCCCCC2O)cc1. The second-order valence-corrected chi connectivity index (χ2v) is 4.88. The van der Waals surface area contributed by atoms with Crippen molar-refractivity contribution >= 4 is 5.97 Å². The van der Waals surface area contributed by atoms with Crippen LogP contribution in [0.15, 0.2) is 24.3 Å². The molecule has 2 rings (SSSR count). The molecule has 1 N–H and O–H groups in total. The van der Waals surface area contributed by atoms with Crippen molar-refractivity contribution in [2.75, 3.05) is 7.11 Å². The van der Waals surface area contributed by atoms with Gasteiger partial charge >= 0.3 is 5.97 Å². The Hall–Kier alpha value is -1.55. The number of benzene rings is 1. The van der Waals surface area contributed by atoms with Gasteiger partial charge in [0.2, 0.25) is 0 Å². The smallest absolute Gasteiger partial charge is 0.337 e. The number of methoxy groups -OCH3 is 1. The van der Waals surface area contributed by atoms with Crippen molar-refractivity contribution in [2.24, 2.45) is 0 Å². The zero-order valence-corrected chi connectivity index (χ0v) is 11.2. The van der Waals surface area contributed by atoms with Gasteiger partial charge in [0.15, 0.2) is 0 Å². The van der Waals surface area contributed by atoms with E-state index in [1.807, 2.05) is 0 Å². The molecule has 0 bridgehead atoms. The minimum Gasteiger partial charge on any atom is -0.488 e. The van der Waals surface area contributed by atoms with E-state index < -0.39 is 6.10 Å². The number of aliphatic hydroxyl groups excluding tert-OH is 1. The maximum Gasteiger partial charge on any atom is 0.337 e. The standard InChI is InChI=1S/C15H20O4/c1-18-15(17)11-7-9-12(10-8-11)19-14-6-4-2-3-5-13(14)16/h7-10,13-14,16H,2-6H2,1H3. The fraction of sp³-hybridized carbons (Fsp3) is 0.533. The summed E-state index contributed by atoms with van der Waals surface area (Å²) in [5.41, 5.74) is 0.497. The molecule has 0 saturated heterocycles. The Balaban J connectivity index is 2.00. The summed E-state index contributed by atoms with van der Waals surface area (Å²) in [5.74, 6) is 0.319. The molecule has 1 aliphatic rings. The van der Waals surface area contributed by atoms with Gasteiger partial charge in [-0.05, 0) is 43.5 Å². The molecular formula is C15H20O4. The molecule has 104 valence electrons. The Labute approximate surface area is 113 Å². The van der Waals surface area contributed by atoms with Crippen LogP contribution in [0.5, 0.6) is 5.75 Å². The summed E-state index contributed by atoms with van der Waals surface area (Å²) in [6, 6.07) is 6.82. The maximum atomic E-state index is 11.3. The van der Waals surface area contributed by atoms with Crippen LogP contribution in [0.3, 0.4) is 0 Å². The van der Waals surface area contributed by atoms with Crippen LogP contribution >= 0.6 is 0 Å². The Morgan fingerprint density at radius 3 is 2.53 bits per heavy atom. The summed E-state index contributed by atoms with van der Waals surface area (Å²) in [4.78, 5) is 11.3. The Bertz CT molecular complexity index is 413. The molecule has 1 aromatic carbocycles. The number of ether oxygens (including phenoxy) is 2. The van der Waals surface area contributed by atoms with E-state index >= 15 is 0 Å². The molecule has 1 aliphatic carbocycles.